The first-order valence-electron chi connectivity index (χ1n) is 14.7. The van der Waals surface area contributed by atoms with Gasteiger partial charge >= 0.3 is 6.18 Å². The van der Waals surface area contributed by atoms with E-state index in [4.69, 9.17) is 27.9 Å². The highest BCUT2D eigenvalue weighted by atomic mass is 35.5. The first kappa shape index (κ1) is 33.3. The van der Waals surface area contributed by atoms with Gasteiger partial charge in [0.15, 0.2) is 17.8 Å². The zero-order valence-electron chi connectivity index (χ0n) is 25.2. The Kier molecular flexibility index (Phi) is 9.10. The SMILES string of the molecule is CCc1c(N2CCN(C(=O)c3nocc3O)CC2)c(=O)n2nc(C3=CCOCC3)nc2n1CC(=O)Nc1cc(Cl)c(C(F)(F)F)cc1Cl. The van der Waals surface area contributed by atoms with E-state index in [9.17, 15) is 32.7 Å². The number of hydrogen-bond donors (Lipinski definition) is 2. The molecule has 2 aliphatic heterocycles. The van der Waals surface area contributed by atoms with E-state index in [0.29, 0.717) is 31.4 Å². The zero-order valence-corrected chi connectivity index (χ0v) is 26.7. The van der Waals surface area contributed by atoms with Gasteiger partial charge in [0.25, 0.3) is 11.5 Å². The van der Waals surface area contributed by atoms with Crippen LogP contribution in [0.5, 0.6) is 5.75 Å². The molecular weight excluding hydrogens is 684 g/mol. The van der Waals surface area contributed by atoms with Crippen LogP contribution in [0.4, 0.5) is 24.5 Å². The molecule has 1 saturated heterocycles. The smallest absolute Gasteiger partial charge is 0.417 e. The molecule has 2 aliphatic rings. The van der Waals surface area contributed by atoms with Gasteiger partial charge in [-0.25, -0.2) is 0 Å². The predicted molar refractivity (Wildman–Crippen MR) is 166 cm³/mol. The molecule has 14 nitrogen and oxygen atoms in total. The Morgan fingerprint density at radius 2 is 1.88 bits per heavy atom. The van der Waals surface area contributed by atoms with Crippen LogP contribution in [0.3, 0.4) is 0 Å². The number of piperazine rings is 1. The van der Waals surface area contributed by atoms with Crippen LogP contribution >= 0.6 is 23.2 Å². The summed E-state index contributed by atoms with van der Waals surface area (Å²) in [5.74, 6) is -1.25. The summed E-state index contributed by atoms with van der Waals surface area (Å²) >= 11 is 12.0. The molecule has 0 aliphatic carbocycles. The number of benzene rings is 1. The number of hydrogen-bond acceptors (Lipinski definition) is 10. The number of alkyl halides is 3. The van der Waals surface area contributed by atoms with Crippen molar-refractivity contribution in [2.45, 2.75) is 32.5 Å². The van der Waals surface area contributed by atoms with Crippen molar-refractivity contribution < 1.29 is 37.1 Å². The minimum Gasteiger partial charge on any atom is -0.503 e. The molecular formula is C29H27Cl2F3N8O6. The molecule has 19 heteroatoms. The lowest BCUT2D eigenvalue weighted by Gasteiger charge is -2.36. The molecule has 2 N–H and O–H groups in total. The summed E-state index contributed by atoms with van der Waals surface area (Å²) < 4.78 is 52.6. The molecule has 0 saturated carbocycles. The number of carbonyl (C=O) groups excluding carboxylic acids is 2. The van der Waals surface area contributed by atoms with Crippen molar-refractivity contribution in [1.29, 1.82) is 0 Å². The van der Waals surface area contributed by atoms with Crippen LogP contribution in [0, 0.1) is 0 Å². The van der Waals surface area contributed by atoms with E-state index in [1.165, 1.54) is 9.47 Å². The Hall–Kier alpha value is -4.61. The van der Waals surface area contributed by atoms with Crippen molar-refractivity contribution in [1.82, 2.24) is 29.2 Å². The second-order valence-electron chi connectivity index (χ2n) is 10.9. The molecule has 48 heavy (non-hydrogen) atoms. The molecule has 0 bridgehead atoms. The van der Waals surface area contributed by atoms with Gasteiger partial charge in [-0.1, -0.05) is 41.4 Å². The van der Waals surface area contributed by atoms with Crippen molar-refractivity contribution in [3.05, 3.63) is 67.6 Å². The number of nitrogens with one attached hydrogen (secondary N) is 1. The monoisotopic (exact) mass is 710 g/mol. The Labute approximate surface area is 279 Å². The fourth-order valence-electron chi connectivity index (χ4n) is 5.65. The van der Waals surface area contributed by atoms with E-state index >= 15 is 0 Å². The maximum Gasteiger partial charge on any atom is 0.417 e. The third kappa shape index (κ3) is 6.32. The number of ether oxygens (including phenoxy) is 1. The molecule has 2 amide bonds. The highest BCUT2D eigenvalue weighted by Crippen LogP contribution is 2.39. The third-order valence-electron chi connectivity index (χ3n) is 7.99. The molecule has 3 aromatic heterocycles. The minimum atomic E-state index is -4.75. The van der Waals surface area contributed by atoms with Gasteiger partial charge in [-0.3, -0.25) is 14.4 Å². The standard InChI is InChI=1S/C29H27Cl2F3N8O6/c1-2-20-24(39-5-7-40(8-6-39)26(45)23-21(43)14-48-38-23)27(46)42-28(36-25(37-42)15-3-9-47-10-4-15)41(20)13-22(44)35-19-12-17(30)16(11-18(19)31)29(32,33)34/h3,11-12,14,43H,2,4-10,13H2,1H3,(H,35,44). The van der Waals surface area contributed by atoms with E-state index in [2.05, 4.69) is 25.1 Å². The molecule has 6 rings (SSSR count). The van der Waals surface area contributed by atoms with Gasteiger partial charge in [0.2, 0.25) is 17.4 Å². The number of amides is 2. The van der Waals surface area contributed by atoms with E-state index in [-0.39, 0.29) is 72.0 Å². The summed E-state index contributed by atoms with van der Waals surface area (Å²) in [4.78, 5) is 48.3. The molecule has 254 valence electrons. The highest BCUT2D eigenvalue weighted by Gasteiger charge is 2.35. The summed E-state index contributed by atoms with van der Waals surface area (Å²) in [6.07, 6.45) is -1.22. The molecule has 0 unspecified atom stereocenters. The average molecular weight is 711 g/mol. The fourth-order valence-corrected chi connectivity index (χ4v) is 6.13. The number of aromatic hydroxyl groups is 1. The topological polar surface area (TPSA) is 160 Å². The number of anilines is 2. The maximum absolute atomic E-state index is 14.1. The molecule has 0 spiro atoms. The van der Waals surface area contributed by atoms with Crippen molar-refractivity contribution in [3.63, 3.8) is 0 Å². The van der Waals surface area contributed by atoms with Crippen LogP contribution in [0.2, 0.25) is 10.0 Å². The number of aromatic nitrogens is 5. The van der Waals surface area contributed by atoms with Gasteiger partial charge in [0, 0.05) is 26.2 Å². The van der Waals surface area contributed by atoms with Crippen LogP contribution in [0.25, 0.3) is 11.4 Å². The Morgan fingerprint density at radius 1 is 1.12 bits per heavy atom. The van der Waals surface area contributed by atoms with Crippen molar-refractivity contribution in [3.8, 4) is 5.75 Å². The summed E-state index contributed by atoms with van der Waals surface area (Å²) in [5.41, 5.74) is -0.561. The van der Waals surface area contributed by atoms with Gasteiger partial charge in [0.1, 0.15) is 12.2 Å². The number of carbonyl (C=O) groups is 2. The summed E-state index contributed by atoms with van der Waals surface area (Å²) in [6, 6.07) is 1.55. The molecule has 0 atom stereocenters. The molecule has 0 radical (unpaired) electrons. The average Bonchev–Trinajstić information content (AvgIpc) is 3.70. The van der Waals surface area contributed by atoms with Crippen LogP contribution in [-0.2, 0) is 28.7 Å². The largest absolute Gasteiger partial charge is 0.503 e. The predicted octanol–water partition coefficient (Wildman–Crippen LogP) is 3.88. The Bertz CT molecular complexity index is 2000. The van der Waals surface area contributed by atoms with Gasteiger partial charge in [0.05, 0.1) is 40.2 Å². The third-order valence-corrected chi connectivity index (χ3v) is 8.61. The van der Waals surface area contributed by atoms with Gasteiger partial charge in [-0.05, 0) is 30.5 Å². The Balaban J connectivity index is 1.36. The number of nitrogens with zero attached hydrogens (tertiary/aromatic N) is 7. The van der Waals surface area contributed by atoms with Crippen molar-refractivity contribution in [2.75, 3.05) is 49.6 Å². The van der Waals surface area contributed by atoms with Crippen molar-refractivity contribution in [2.24, 2.45) is 0 Å². The number of rotatable bonds is 7. The van der Waals surface area contributed by atoms with Crippen LogP contribution in [0.1, 0.15) is 40.9 Å². The second-order valence-corrected chi connectivity index (χ2v) is 11.7. The van der Waals surface area contributed by atoms with Gasteiger partial charge < -0.3 is 34.1 Å². The van der Waals surface area contributed by atoms with Gasteiger partial charge in [-0.2, -0.15) is 22.7 Å². The lowest BCUT2D eigenvalue weighted by atomic mass is 10.1. The van der Waals surface area contributed by atoms with Crippen LogP contribution in [0.15, 0.2) is 33.8 Å². The van der Waals surface area contributed by atoms with Crippen molar-refractivity contribution >= 4 is 57.7 Å². The summed E-state index contributed by atoms with van der Waals surface area (Å²) in [5, 5.41) is 19.4. The second kappa shape index (κ2) is 13.1. The number of fused-ring (bicyclic) bond motifs is 1. The molecule has 1 fully saturated rings. The van der Waals surface area contributed by atoms with Crippen LogP contribution < -0.4 is 15.8 Å². The summed E-state index contributed by atoms with van der Waals surface area (Å²) in [6.45, 7) is 2.94. The maximum atomic E-state index is 14.1. The highest BCUT2D eigenvalue weighted by molar-refractivity contribution is 6.36. The normalized spacial score (nSPS) is 15.6. The fraction of sp³-hybridized carbons (Fsp3) is 0.379. The molecule has 1 aromatic carbocycles. The van der Waals surface area contributed by atoms with E-state index in [1.807, 2.05) is 0 Å². The van der Waals surface area contributed by atoms with Crippen LogP contribution in [-0.4, -0.2) is 85.5 Å². The van der Waals surface area contributed by atoms with E-state index in [1.54, 1.807) is 17.9 Å². The number of halogens is 5. The zero-order chi connectivity index (χ0) is 34.3. The Morgan fingerprint density at radius 3 is 2.50 bits per heavy atom. The first-order chi connectivity index (χ1) is 22.9. The molecule has 5 heterocycles. The summed E-state index contributed by atoms with van der Waals surface area (Å²) in [7, 11) is 0. The van der Waals surface area contributed by atoms with E-state index in [0.717, 1.165) is 22.4 Å². The minimum absolute atomic E-state index is 0.0741. The van der Waals surface area contributed by atoms with E-state index < -0.39 is 40.7 Å². The lowest BCUT2D eigenvalue weighted by molar-refractivity contribution is -0.137. The molecule has 4 aromatic rings. The lowest BCUT2D eigenvalue weighted by Crippen LogP contribution is -2.51. The first-order valence-corrected chi connectivity index (χ1v) is 15.5. The van der Waals surface area contributed by atoms with Gasteiger partial charge in [-0.15, -0.1) is 5.10 Å². The quantitative estimate of drug-likeness (QED) is 0.288.